The van der Waals surface area contributed by atoms with Crippen LogP contribution in [0.5, 0.6) is 0 Å². The lowest BCUT2D eigenvalue weighted by Crippen LogP contribution is -2.26. The number of hydrogen-bond acceptors (Lipinski definition) is 3. The summed E-state index contributed by atoms with van der Waals surface area (Å²) in [6.07, 6.45) is 2.14. The van der Waals surface area contributed by atoms with Gasteiger partial charge in [0.15, 0.2) is 11.6 Å². The molecule has 1 aliphatic rings. The number of nitrogens with zero attached hydrogens (tertiary/aromatic N) is 1. The summed E-state index contributed by atoms with van der Waals surface area (Å²) in [5, 5.41) is 0.344. The van der Waals surface area contributed by atoms with Gasteiger partial charge in [-0.3, -0.25) is 12.7 Å². The van der Waals surface area contributed by atoms with E-state index >= 15 is 0 Å². The molecule has 0 saturated heterocycles. The normalized spacial score (nSPS) is 13.6. The highest BCUT2D eigenvalue weighted by Gasteiger charge is 2.26. The van der Waals surface area contributed by atoms with E-state index in [1.807, 2.05) is 0 Å². The molecule has 0 bridgehead atoms. The molecule has 0 spiro atoms. The van der Waals surface area contributed by atoms with E-state index < -0.39 is 17.5 Å². The van der Waals surface area contributed by atoms with Crippen molar-refractivity contribution in [3.05, 3.63) is 58.6 Å². The maximum atomic E-state index is 14.5. The molecule has 2 aromatic rings. The van der Waals surface area contributed by atoms with Crippen molar-refractivity contribution in [1.82, 2.24) is 5.48 Å². The third kappa shape index (κ3) is 4.21. The average Bonchev–Trinajstić information content (AvgIpc) is 3.41. The van der Waals surface area contributed by atoms with Gasteiger partial charge < -0.3 is 0 Å². The Morgan fingerprint density at radius 1 is 1.28 bits per heavy atom. The van der Waals surface area contributed by atoms with Crippen LogP contribution in [0.1, 0.15) is 23.2 Å². The molecule has 0 radical (unpaired) electrons. The molecule has 1 fully saturated rings. The number of carbonyl (C=O) groups is 1. The Morgan fingerprint density at radius 2 is 2.00 bits per heavy atom. The zero-order valence-corrected chi connectivity index (χ0v) is 15.9. The van der Waals surface area contributed by atoms with Gasteiger partial charge in [-0.25, -0.2) is 14.3 Å². The number of para-hydroxylation sites is 1. The summed E-state index contributed by atoms with van der Waals surface area (Å²) in [5.74, 6) is -2.39. The summed E-state index contributed by atoms with van der Waals surface area (Å²) in [6, 6.07) is 8.82. The Morgan fingerprint density at radius 3 is 2.68 bits per heavy atom. The van der Waals surface area contributed by atoms with E-state index in [4.69, 9.17) is 16.4 Å². The Hall–Kier alpha value is -1.45. The van der Waals surface area contributed by atoms with Gasteiger partial charge >= 0.3 is 0 Å². The van der Waals surface area contributed by atoms with Crippen molar-refractivity contribution < 1.29 is 18.4 Å². The van der Waals surface area contributed by atoms with E-state index in [-0.39, 0.29) is 11.3 Å². The van der Waals surface area contributed by atoms with Gasteiger partial charge in [0.1, 0.15) is 5.69 Å². The molecular formula is C17H14ClF2IN2O2. The topological polar surface area (TPSA) is 41.6 Å². The molecule has 0 atom stereocenters. The number of benzene rings is 2. The van der Waals surface area contributed by atoms with Crippen LogP contribution in [-0.4, -0.2) is 12.5 Å². The minimum atomic E-state index is -1.14. The first-order valence-electron chi connectivity index (χ1n) is 7.59. The maximum Gasteiger partial charge on any atom is 0.277 e. The molecule has 132 valence electrons. The molecule has 2 aromatic carbocycles. The number of rotatable bonds is 6. The van der Waals surface area contributed by atoms with E-state index in [2.05, 4.69) is 5.48 Å². The van der Waals surface area contributed by atoms with Crippen LogP contribution in [0.15, 0.2) is 36.4 Å². The van der Waals surface area contributed by atoms with Crippen LogP contribution in [0.2, 0.25) is 5.02 Å². The van der Waals surface area contributed by atoms with E-state index in [0.29, 0.717) is 23.2 Å². The number of halogens is 4. The molecule has 0 heterocycles. The summed E-state index contributed by atoms with van der Waals surface area (Å²) < 4.78 is 29.5. The number of anilines is 2. The van der Waals surface area contributed by atoms with Crippen molar-refractivity contribution in [2.24, 2.45) is 5.92 Å². The second kappa shape index (κ2) is 7.84. The second-order valence-corrected chi connectivity index (χ2v) is 7.05. The van der Waals surface area contributed by atoms with Crippen LogP contribution >= 0.6 is 34.5 Å². The van der Waals surface area contributed by atoms with Crippen molar-refractivity contribution in [3.63, 3.8) is 0 Å². The molecule has 1 N–H and O–H groups in total. The van der Waals surface area contributed by atoms with Gasteiger partial charge in [-0.1, -0.05) is 23.7 Å². The van der Waals surface area contributed by atoms with Crippen LogP contribution < -0.4 is 8.59 Å². The van der Waals surface area contributed by atoms with E-state index in [1.54, 1.807) is 47.1 Å². The molecule has 4 nitrogen and oxygen atoms in total. The lowest BCUT2D eigenvalue weighted by molar-refractivity contribution is 0.0270. The van der Waals surface area contributed by atoms with E-state index in [0.717, 1.165) is 18.9 Å². The fourth-order valence-corrected chi connectivity index (χ4v) is 3.47. The lowest BCUT2D eigenvalue weighted by Gasteiger charge is -2.21. The van der Waals surface area contributed by atoms with Crippen LogP contribution in [0, 0.1) is 17.6 Å². The smallest absolute Gasteiger partial charge is 0.277 e. The summed E-state index contributed by atoms with van der Waals surface area (Å²) in [6.45, 7) is 0.406. The highest BCUT2D eigenvalue weighted by atomic mass is 127. The van der Waals surface area contributed by atoms with Crippen molar-refractivity contribution in [2.45, 2.75) is 12.8 Å². The predicted molar refractivity (Wildman–Crippen MR) is 100 cm³/mol. The molecule has 0 aliphatic heterocycles. The molecule has 0 unspecified atom stereocenters. The Balaban J connectivity index is 1.91. The predicted octanol–water partition coefficient (Wildman–Crippen LogP) is 5.18. The molecule has 1 saturated carbocycles. The fourth-order valence-electron chi connectivity index (χ4n) is 2.21. The zero-order valence-electron chi connectivity index (χ0n) is 12.9. The zero-order chi connectivity index (χ0) is 18.0. The van der Waals surface area contributed by atoms with E-state index in [9.17, 15) is 13.6 Å². The van der Waals surface area contributed by atoms with Crippen LogP contribution in [-0.2, 0) is 4.84 Å². The standard InChI is InChI=1S/C17H14ClF2IN2O2/c18-12-3-1-2-4-14(12)23(21)16-11(7-8-13(19)15(16)20)17(24)22-25-9-10-5-6-10/h1-4,7-8,10H,5-6,9H2,(H,22,24). The highest BCUT2D eigenvalue weighted by Crippen LogP contribution is 2.39. The number of hydrogen-bond donors (Lipinski definition) is 1. The number of amides is 1. The first kappa shape index (κ1) is 18.3. The summed E-state index contributed by atoms with van der Waals surface area (Å²) in [7, 11) is 0. The molecule has 8 heteroatoms. The first-order valence-corrected chi connectivity index (χ1v) is 8.94. The quantitative estimate of drug-likeness (QED) is 0.353. The van der Waals surface area contributed by atoms with Gasteiger partial charge in [0.25, 0.3) is 5.91 Å². The Bertz CT molecular complexity index is 802. The van der Waals surface area contributed by atoms with Crippen molar-refractivity contribution in [3.8, 4) is 0 Å². The number of nitrogens with one attached hydrogen (secondary N) is 1. The van der Waals surface area contributed by atoms with Crippen LogP contribution in [0.4, 0.5) is 20.2 Å². The minimum Gasteiger partial charge on any atom is -0.278 e. The fraction of sp³-hybridized carbons (Fsp3) is 0.235. The monoisotopic (exact) mass is 478 g/mol. The van der Waals surface area contributed by atoms with Crippen molar-refractivity contribution in [1.29, 1.82) is 0 Å². The largest absolute Gasteiger partial charge is 0.278 e. The van der Waals surface area contributed by atoms with Gasteiger partial charge in [0, 0.05) is 0 Å². The molecule has 1 amide bonds. The Labute approximate surface area is 162 Å². The summed E-state index contributed by atoms with van der Waals surface area (Å²) >= 11 is 7.91. The number of hydroxylamine groups is 1. The van der Waals surface area contributed by atoms with Crippen LogP contribution in [0.3, 0.4) is 0 Å². The first-order chi connectivity index (χ1) is 12.0. The third-order valence-electron chi connectivity index (χ3n) is 3.75. The highest BCUT2D eigenvalue weighted by molar-refractivity contribution is 14.1. The molecule has 3 rings (SSSR count). The van der Waals surface area contributed by atoms with Crippen molar-refractivity contribution >= 4 is 51.7 Å². The Kier molecular flexibility index (Phi) is 5.75. The van der Waals surface area contributed by atoms with Gasteiger partial charge in [0.2, 0.25) is 0 Å². The van der Waals surface area contributed by atoms with Gasteiger partial charge in [-0.2, -0.15) is 0 Å². The summed E-state index contributed by atoms with van der Waals surface area (Å²) in [4.78, 5) is 17.5. The van der Waals surface area contributed by atoms with E-state index in [1.165, 1.54) is 9.18 Å². The molecular weight excluding hydrogens is 465 g/mol. The molecule has 1 aliphatic carbocycles. The molecule has 0 aromatic heterocycles. The van der Waals surface area contributed by atoms with Gasteiger partial charge in [-0.15, -0.1) is 0 Å². The minimum absolute atomic E-state index is 0.0518. The maximum absolute atomic E-state index is 14.5. The third-order valence-corrected chi connectivity index (χ3v) is 5.08. The molecule has 25 heavy (non-hydrogen) atoms. The number of carbonyl (C=O) groups excluding carboxylic acids is 1. The summed E-state index contributed by atoms with van der Waals surface area (Å²) in [5.41, 5.74) is 2.45. The SMILES string of the molecule is O=C(NOCC1CC1)c1ccc(F)c(F)c1N(I)c1ccccc1Cl. The second-order valence-electron chi connectivity index (χ2n) is 5.68. The average molecular weight is 479 g/mol. The van der Waals surface area contributed by atoms with Crippen LogP contribution in [0.25, 0.3) is 0 Å². The van der Waals surface area contributed by atoms with Gasteiger partial charge in [-0.05, 0) is 43.0 Å². The van der Waals surface area contributed by atoms with Crippen molar-refractivity contribution in [2.75, 3.05) is 9.72 Å². The lowest BCUT2D eigenvalue weighted by atomic mass is 10.1. The van der Waals surface area contributed by atoms with Gasteiger partial charge in [0.05, 0.1) is 45.7 Å².